The largest absolute Gasteiger partial charge is 0.324 e. The summed E-state index contributed by atoms with van der Waals surface area (Å²) < 4.78 is 17.4. The Morgan fingerprint density at radius 1 is 0.939 bits per heavy atom. The molecule has 0 unspecified atom stereocenters. The van der Waals surface area contributed by atoms with Crippen LogP contribution in [0.25, 0.3) is 32.8 Å². The first-order valence-corrected chi connectivity index (χ1v) is 10.6. The highest BCUT2D eigenvalue weighted by atomic mass is 19.1. The number of aromatic amines is 1. The van der Waals surface area contributed by atoms with Gasteiger partial charge >= 0.3 is 0 Å². The fourth-order valence-electron chi connectivity index (χ4n) is 4.44. The zero-order chi connectivity index (χ0) is 22.5. The summed E-state index contributed by atoms with van der Waals surface area (Å²) in [5.74, 6) is -0.254. The van der Waals surface area contributed by atoms with E-state index >= 15 is 0 Å². The Balaban J connectivity index is 1.45. The van der Waals surface area contributed by atoms with Crippen molar-refractivity contribution in [3.05, 3.63) is 100.0 Å². The minimum atomic E-state index is -0.254. The number of nitrogens with zero attached hydrogens (tertiary/aromatic N) is 5. The first-order chi connectivity index (χ1) is 16.1. The third-order valence-electron chi connectivity index (χ3n) is 6.12. The van der Waals surface area contributed by atoms with E-state index in [2.05, 4.69) is 15.3 Å². The monoisotopic (exact) mass is 438 g/mol. The van der Waals surface area contributed by atoms with Gasteiger partial charge in [-0.25, -0.2) is 14.1 Å². The molecular weight excluding hydrogens is 419 g/mol. The fraction of sp³-hybridized carbons (Fsp3) is 0.120. The number of halogens is 1. The molecule has 0 bridgehead atoms. The van der Waals surface area contributed by atoms with Crippen LogP contribution in [0.4, 0.5) is 4.39 Å². The van der Waals surface area contributed by atoms with Crippen LogP contribution in [0, 0.1) is 5.82 Å². The molecule has 1 N–H and O–H groups in total. The summed E-state index contributed by atoms with van der Waals surface area (Å²) in [7, 11) is 1.83. The van der Waals surface area contributed by atoms with Crippen molar-refractivity contribution in [2.24, 2.45) is 7.05 Å². The van der Waals surface area contributed by atoms with Gasteiger partial charge in [0.1, 0.15) is 17.0 Å². The van der Waals surface area contributed by atoms with Crippen LogP contribution in [0.15, 0.2) is 71.8 Å². The molecule has 8 heteroatoms. The van der Waals surface area contributed by atoms with Gasteiger partial charge in [-0.05, 0) is 35.4 Å². The predicted octanol–water partition coefficient (Wildman–Crippen LogP) is 3.94. The van der Waals surface area contributed by atoms with E-state index in [0.29, 0.717) is 29.7 Å². The van der Waals surface area contributed by atoms with E-state index in [1.54, 1.807) is 29.1 Å². The molecule has 33 heavy (non-hydrogen) atoms. The second-order valence-corrected chi connectivity index (χ2v) is 8.12. The normalized spacial score (nSPS) is 11.7. The van der Waals surface area contributed by atoms with Crippen LogP contribution in [-0.2, 0) is 20.0 Å². The number of hydrogen-bond acceptors (Lipinski definition) is 4. The van der Waals surface area contributed by atoms with Crippen LogP contribution in [0.5, 0.6) is 0 Å². The molecule has 0 aliphatic rings. The van der Waals surface area contributed by atoms with Crippen LogP contribution < -0.4 is 5.56 Å². The van der Waals surface area contributed by atoms with Gasteiger partial charge in [0.15, 0.2) is 0 Å². The maximum absolute atomic E-state index is 14.1. The lowest BCUT2D eigenvalue weighted by Gasteiger charge is -2.06. The Labute approximate surface area is 187 Å². The number of fused-ring (bicyclic) bond motifs is 4. The van der Waals surface area contributed by atoms with Crippen LogP contribution in [-0.4, -0.2) is 29.5 Å². The quantitative estimate of drug-likeness (QED) is 0.452. The number of aromatic nitrogens is 6. The van der Waals surface area contributed by atoms with Crippen molar-refractivity contribution < 1.29 is 4.39 Å². The lowest BCUT2D eigenvalue weighted by Crippen LogP contribution is -2.24. The van der Waals surface area contributed by atoms with E-state index in [4.69, 9.17) is 4.98 Å². The number of pyridine rings is 1. The van der Waals surface area contributed by atoms with Gasteiger partial charge in [0, 0.05) is 35.3 Å². The summed E-state index contributed by atoms with van der Waals surface area (Å²) in [5, 5.41) is 14.0. The molecule has 0 amide bonds. The first-order valence-electron chi connectivity index (χ1n) is 10.6. The molecule has 0 aliphatic heterocycles. The van der Waals surface area contributed by atoms with Gasteiger partial charge in [-0.15, -0.1) is 0 Å². The Kier molecular flexibility index (Phi) is 4.33. The number of hydrogen-bond donors (Lipinski definition) is 1. The summed E-state index contributed by atoms with van der Waals surface area (Å²) in [5.41, 5.74) is 4.21. The molecule has 7 nitrogen and oxygen atoms in total. The van der Waals surface area contributed by atoms with Crippen LogP contribution in [0.1, 0.15) is 16.8 Å². The van der Waals surface area contributed by atoms with Crippen molar-refractivity contribution in [3.8, 4) is 0 Å². The highest BCUT2D eigenvalue weighted by Crippen LogP contribution is 2.25. The van der Waals surface area contributed by atoms with Gasteiger partial charge in [0.25, 0.3) is 5.56 Å². The van der Waals surface area contributed by atoms with E-state index in [1.807, 2.05) is 43.4 Å². The van der Waals surface area contributed by atoms with Crippen LogP contribution in [0.3, 0.4) is 0 Å². The molecule has 0 saturated carbocycles. The van der Waals surface area contributed by atoms with Crippen LogP contribution >= 0.6 is 0 Å². The smallest absolute Gasteiger partial charge is 0.291 e. The van der Waals surface area contributed by atoms with Crippen molar-refractivity contribution in [3.63, 3.8) is 0 Å². The maximum Gasteiger partial charge on any atom is 0.291 e. The Morgan fingerprint density at radius 3 is 2.67 bits per heavy atom. The minimum Gasteiger partial charge on any atom is -0.324 e. The number of rotatable bonds is 4. The summed E-state index contributed by atoms with van der Waals surface area (Å²) in [6.07, 6.45) is 3.85. The Bertz CT molecular complexity index is 1730. The van der Waals surface area contributed by atoms with E-state index in [1.165, 1.54) is 10.7 Å². The average molecular weight is 438 g/mol. The zero-order valence-electron chi connectivity index (χ0n) is 17.8. The predicted molar refractivity (Wildman–Crippen MR) is 125 cm³/mol. The lowest BCUT2D eigenvalue weighted by molar-refractivity contribution is 0.613. The molecule has 162 valence electrons. The second kappa shape index (κ2) is 7.37. The highest BCUT2D eigenvalue weighted by molar-refractivity contribution is 6.05. The molecule has 4 heterocycles. The fourth-order valence-corrected chi connectivity index (χ4v) is 4.44. The SMILES string of the molecule is Cn1c2nc(Cc3ccccc3F)ccc2c2cnn(Cc3cccc4[nH]ncc34)c(=O)c21. The summed E-state index contributed by atoms with van der Waals surface area (Å²) in [6, 6.07) is 16.3. The van der Waals surface area contributed by atoms with Gasteiger partial charge < -0.3 is 4.57 Å². The van der Waals surface area contributed by atoms with Gasteiger partial charge in [-0.2, -0.15) is 10.2 Å². The minimum absolute atomic E-state index is 0.191. The molecule has 0 aliphatic carbocycles. The lowest BCUT2D eigenvalue weighted by atomic mass is 10.1. The summed E-state index contributed by atoms with van der Waals surface area (Å²) in [6.45, 7) is 0.332. The van der Waals surface area contributed by atoms with E-state index < -0.39 is 0 Å². The van der Waals surface area contributed by atoms with Crippen molar-refractivity contribution in [2.75, 3.05) is 0 Å². The maximum atomic E-state index is 14.1. The summed E-state index contributed by atoms with van der Waals surface area (Å²) in [4.78, 5) is 18.1. The Hall–Kier alpha value is -4.33. The van der Waals surface area contributed by atoms with E-state index in [0.717, 1.165) is 32.9 Å². The topological polar surface area (TPSA) is 81.4 Å². The van der Waals surface area contributed by atoms with Crippen molar-refractivity contribution in [1.29, 1.82) is 0 Å². The Morgan fingerprint density at radius 2 is 1.79 bits per heavy atom. The van der Waals surface area contributed by atoms with E-state index in [-0.39, 0.29) is 11.4 Å². The first kappa shape index (κ1) is 19.4. The molecule has 4 aromatic heterocycles. The molecule has 0 saturated heterocycles. The van der Waals surface area contributed by atoms with Crippen molar-refractivity contribution >= 4 is 32.8 Å². The summed E-state index contributed by atoms with van der Waals surface area (Å²) >= 11 is 0. The number of aryl methyl sites for hydroxylation is 1. The zero-order valence-corrected chi connectivity index (χ0v) is 17.8. The van der Waals surface area contributed by atoms with Crippen molar-refractivity contribution in [1.82, 2.24) is 29.5 Å². The molecule has 6 aromatic rings. The number of nitrogens with one attached hydrogen (secondary N) is 1. The second-order valence-electron chi connectivity index (χ2n) is 8.12. The van der Waals surface area contributed by atoms with Gasteiger partial charge in [-0.1, -0.05) is 30.3 Å². The van der Waals surface area contributed by atoms with Crippen molar-refractivity contribution in [2.45, 2.75) is 13.0 Å². The molecule has 0 fully saturated rings. The molecule has 0 atom stereocenters. The van der Waals surface area contributed by atoms with Crippen LogP contribution in [0.2, 0.25) is 0 Å². The molecule has 6 rings (SSSR count). The highest BCUT2D eigenvalue weighted by Gasteiger charge is 2.16. The van der Waals surface area contributed by atoms with Gasteiger partial charge in [0.05, 0.1) is 24.5 Å². The van der Waals surface area contributed by atoms with E-state index in [9.17, 15) is 9.18 Å². The molecule has 2 aromatic carbocycles. The third-order valence-corrected chi connectivity index (χ3v) is 6.12. The number of benzene rings is 2. The third kappa shape index (κ3) is 3.10. The molecule has 0 radical (unpaired) electrons. The van der Waals surface area contributed by atoms with Gasteiger partial charge in [-0.3, -0.25) is 9.89 Å². The molecule has 0 spiro atoms. The number of H-pyrrole nitrogens is 1. The van der Waals surface area contributed by atoms with Gasteiger partial charge in [0.2, 0.25) is 0 Å². The standard InChI is InChI=1S/C25H19FN6O/c1-31-23-20(18-10-9-17(29-24(18)31)11-15-5-2-3-7-21(15)26)13-28-32(25(23)33)14-16-6-4-8-22-19(16)12-27-30-22/h2-10,12-13H,11,14H2,1H3,(H,27,30). The average Bonchev–Trinajstić information content (AvgIpc) is 3.41. The molecular formula is C25H19FN6O.